The van der Waals surface area contributed by atoms with Crippen molar-refractivity contribution in [3.8, 4) is 5.75 Å². The van der Waals surface area contributed by atoms with Gasteiger partial charge in [0.15, 0.2) is 0 Å². The number of benzene rings is 1. The Balaban J connectivity index is 3.04. The van der Waals surface area contributed by atoms with E-state index in [9.17, 15) is 0 Å². The zero-order chi connectivity index (χ0) is 10.6. The maximum absolute atomic E-state index is 5.38. The number of nitrogens with one attached hydrogen (secondary N) is 1. The Labute approximate surface area is 84.5 Å². The van der Waals surface area contributed by atoms with Crippen molar-refractivity contribution in [2.75, 3.05) is 7.11 Å². The molecule has 0 bridgehead atoms. The Bertz CT molecular complexity index is 323. The van der Waals surface area contributed by atoms with Crippen molar-refractivity contribution >= 4 is 0 Å². The van der Waals surface area contributed by atoms with Crippen LogP contribution in [-0.2, 0) is 0 Å². The van der Waals surface area contributed by atoms with Gasteiger partial charge in [0.25, 0.3) is 0 Å². The summed E-state index contributed by atoms with van der Waals surface area (Å²) in [5.41, 5.74) is 4.82. The highest BCUT2D eigenvalue weighted by Gasteiger charge is 2.07. The average Bonchev–Trinajstić information content (AvgIpc) is 2.22. The second kappa shape index (κ2) is 4.79. The molecule has 0 aliphatic carbocycles. The van der Waals surface area contributed by atoms with Crippen LogP contribution in [0.1, 0.15) is 17.2 Å². The van der Waals surface area contributed by atoms with Crippen molar-refractivity contribution in [3.05, 3.63) is 42.0 Å². The van der Waals surface area contributed by atoms with Crippen LogP contribution >= 0.6 is 0 Å². The molecule has 1 unspecified atom stereocenters. The van der Waals surface area contributed by atoms with E-state index >= 15 is 0 Å². The Morgan fingerprint density at radius 3 is 2.79 bits per heavy atom. The number of aryl methyl sites for hydroxylation is 1. The van der Waals surface area contributed by atoms with Crippen molar-refractivity contribution in [3.63, 3.8) is 0 Å². The topological polar surface area (TPSA) is 47.3 Å². The van der Waals surface area contributed by atoms with E-state index in [0.29, 0.717) is 0 Å². The Hall–Kier alpha value is -1.32. The third kappa shape index (κ3) is 2.13. The first-order chi connectivity index (χ1) is 6.72. The minimum atomic E-state index is -0.0375. The number of nitrogens with two attached hydrogens (primary N) is 1. The van der Waals surface area contributed by atoms with Gasteiger partial charge in [-0.2, -0.15) is 0 Å². The first-order valence-electron chi connectivity index (χ1n) is 4.46. The van der Waals surface area contributed by atoms with Gasteiger partial charge in [-0.05, 0) is 24.1 Å². The molecule has 76 valence electrons. The van der Waals surface area contributed by atoms with Gasteiger partial charge in [0.2, 0.25) is 0 Å². The van der Waals surface area contributed by atoms with Crippen LogP contribution in [0.2, 0.25) is 0 Å². The number of methoxy groups -OCH3 is 1. The van der Waals surface area contributed by atoms with Gasteiger partial charge in [0, 0.05) is 0 Å². The average molecular weight is 192 g/mol. The Kier molecular flexibility index (Phi) is 3.68. The van der Waals surface area contributed by atoms with Gasteiger partial charge in [-0.15, -0.1) is 6.58 Å². The zero-order valence-electron chi connectivity index (χ0n) is 8.58. The Morgan fingerprint density at radius 1 is 1.57 bits per heavy atom. The van der Waals surface area contributed by atoms with Gasteiger partial charge in [-0.25, -0.2) is 5.43 Å². The number of hydrogen-bond acceptors (Lipinski definition) is 3. The Morgan fingerprint density at radius 2 is 2.29 bits per heavy atom. The second-order valence-corrected chi connectivity index (χ2v) is 3.11. The highest BCUT2D eigenvalue weighted by molar-refractivity contribution is 5.38. The van der Waals surface area contributed by atoms with Crippen LogP contribution in [0.5, 0.6) is 5.75 Å². The molecule has 1 rings (SSSR count). The summed E-state index contributed by atoms with van der Waals surface area (Å²) in [5.74, 6) is 6.25. The van der Waals surface area contributed by atoms with E-state index in [2.05, 4.69) is 12.0 Å². The fourth-order valence-electron chi connectivity index (χ4n) is 1.33. The van der Waals surface area contributed by atoms with Crippen LogP contribution < -0.4 is 16.0 Å². The maximum Gasteiger partial charge on any atom is 0.122 e. The standard InChI is InChI=1S/C11H16N2O/c1-4-10(13-12)9-6-5-8(2)11(7-9)14-3/h4-7,10,13H,1,12H2,2-3H3. The summed E-state index contributed by atoms with van der Waals surface area (Å²) in [6, 6.07) is 5.93. The van der Waals surface area contributed by atoms with E-state index < -0.39 is 0 Å². The van der Waals surface area contributed by atoms with Gasteiger partial charge in [0.1, 0.15) is 5.75 Å². The maximum atomic E-state index is 5.38. The van der Waals surface area contributed by atoms with Gasteiger partial charge in [-0.1, -0.05) is 18.2 Å². The molecule has 0 aliphatic heterocycles. The summed E-state index contributed by atoms with van der Waals surface area (Å²) in [5, 5.41) is 0. The number of rotatable bonds is 4. The predicted octanol–water partition coefficient (Wildman–Crippen LogP) is 1.69. The molecular formula is C11H16N2O. The van der Waals surface area contributed by atoms with Crippen molar-refractivity contribution in [1.82, 2.24) is 5.43 Å². The lowest BCUT2D eigenvalue weighted by atomic mass is 10.0. The molecule has 14 heavy (non-hydrogen) atoms. The molecule has 0 saturated heterocycles. The predicted molar refractivity (Wildman–Crippen MR) is 58.0 cm³/mol. The van der Waals surface area contributed by atoms with Gasteiger partial charge in [-0.3, -0.25) is 5.84 Å². The van der Waals surface area contributed by atoms with Crippen molar-refractivity contribution < 1.29 is 4.74 Å². The highest BCUT2D eigenvalue weighted by Crippen LogP contribution is 2.23. The molecule has 1 aromatic rings. The van der Waals surface area contributed by atoms with E-state index in [0.717, 1.165) is 16.9 Å². The molecule has 3 heteroatoms. The summed E-state index contributed by atoms with van der Waals surface area (Å²) in [4.78, 5) is 0. The number of ether oxygens (including phenoxy) is 1. The van der Waals surface area contributed by atoms with Crippen molar-refractivity contribution in [2.45, 2.75) is 13.0 Å². The minimum Gasteiger partial charge on any atom is -0.496 e. The molecule has 0 aromatic heterocycles. The van der Waals surface area contributed by atoms with Crippen LogP contribution in [0.4, 0.5) is 0 Å². The van der Waals surface area contributed by atoms with Gasteiger partial charge < -0.3 is 4.74 Å². The first kappa shape index (κ1) is 10.8. The molecular weight excluding hydrogens is 176 g/mol. The molecule has 1 atom stereocenters. The third-order valence-electron chi connectivity index (χ3n) is 2.21. The molecule has 3 N–H and O–H groups in total. The largest absolute Gasteiger partial charge is 0.496 e. The zero-order valence-corrected chi connectivity index (χ0v) is 8.58. The quantitative estimate of drug-likeness (QED) is 0.433. The smallest absolute Gasteiger partial charge is 0.122 e. The van der Waals surface area contributed by atoms with Crippen LogP contribution in [-0.4, -0.2) is 7.11 Å². The summed E-state index contributed by atoms with van der Waals surface area (Å²) >= 11 is 0. The molecule has 0 aliphatic rings. The lowest BCUT2D eigenvalue weighted by molar-refractivity contribution is 0.410. The molecule has 0 spiro atoms. The lowest BCUT2D eigenvalue weighted by Gasteiger charge is -2.13. The molecule has 0 fully saturated rings. The molecule has 0 radical (unpaired) electrons. The monoisotopic (exact) mass is 192 g/mol. The fourth-order valence-corrected chi connectivity index (χ4v) is 1.33. The summed E-state index contributed by atoms with van der Waals surface area (Å²) in [6.07, 6.45) is 1.75. The molecule has 3 nitrogen and oxygen atoms in total. The molecule has 1 aromatic carbocycles. The summed E-state index contributed by atoms with van der Waals surface area (Å²) in [6.45, 7) is 5.70. The molecule has 0 heterocycles. The fraction of sp³-hybridized carbons (Fsp3) is 0.273. The van der Waals surface area contributed by atoms with Gasteiger partial charge >= 0.3 is 0 Å². The second-order valence-electron chi connectivity index (χ2n) is 3.11. The van der Waals surface area contributed by atoms with E-state index in [1.165, 1.54) is 0 Å². The number of hydrazine groups is 1. The minimum absolute atomic E-state index is 0.0375. The van der Waals surface area contributed by atoms with E-state index in [1.807, 2.05) is 25.1 Å². The summed E-state index contributed by atoms with van der Waals surface area (Å²) < 4.78 is 5.22. The summed E-state index contributed by atoms with van der Waals surface area (Å²) in [7, 11) is 1.66. The van der Waals surface area contributed by atoms with Crippen LogP contribution in [0.3, 0.4) is 0 Å². The van der Waals surface area contributed by atoms with Crippen molar-refractivity contribution in [2.24, 2.45) is 5.84 Å². The first-order valence-corrected chi connectivity index (χ1v) is 4.46. The highest BCUT2D eigenvalue weighted by atomic mass is 16.5. The van der Waals surface area contributed by atoms with Crippen molar-refractivity contribution in [1.29, 1.82) is 0 Å². The van der Waals surface area contributed by atoms with Crippen LogP contribution in [0.15, 0.2) is 30.9 Å². The van der Waals surface area contributed by atoms with E-state index in [-0.39, 0.29) is 6.04 Å². The molecule has 0 saturated carbocycles. The van der Waals surface area contributed by atoms with Crippen LogP contribution in [0, 0.1) is 6.92 Å². The van der Waals surface area contributed by atoms with Crippen LogP contribution in [0.25, 0.3) is 0 Å². The molecule has 0 amide bonds. The lowest BCUT2D eigenvalue weighted by Crippen LogP contribution is -2.26. The SMILES string of the molecule is C=CC(NN)c1ccc(C)c(OC)c1. The van der Waals surface area contributed by atoms with E-state index in [1.54, 1.807) is 13.2 Å². The normalized spacial score (nSPS) is 12.2. The third-order valence-corrected chi connectivity index (χ3v) is 2.21. The van der Waals surface area contributed by atoms with E-state index in [4.69, 9.17) is 10.6 Å². The van der Waals surface area contributed by atoms with Gasteiger partial charge in [0.05, 0.1) is 13.2 Å². The number of hydrogen-bond donors (Lipinski definition) is 2.